The Bertz CT molecular complexity index is 632. The van der Waals surface area contributed by atoms with Crippen LogP contribution in [0.3, 0.4) is 0 Å². The highest BCUT2D eigenvalue weighted by Gasteiger charge is 2.64. The van der Waals surface area contributed by atoms with Crippen molar-refractivity contribution in [3.63, 3.8) is 0 Å². The van der Waals surface area contributed by atoms with E-state index in [4.69, 9.17) is 0 Å². The first-order chi connectivity index (χ1) is 10.8. The molecule has 124 valence electrons. The van der Waals surface area contributed by atoms with Gasteiger partial charge >= 0.3 is 0 Å². The maximum Gasteiger partial charge on any atom is 0.156 e. The second kappa shape index (κ2) is 4.70. The van der Waals surface area contributed by atoms with Gasteiger partial charge in [0.1, 0.15) is 0 Å². The van der Waals surface area contributed by atoms with Crippen molar-refractivity contribution < 1.29 is 9.90 Å². The Morgan fingerprint density at radius 3 is 2.61 bits per heavy atom. The highest BCUT2D eigenvalue weighted by molar-refractivity contribution is 5.91. The standard InChI is InChI=1S/C20H27NO2/c1-18-8-5-14(22)11-13(18)3-4-15-16(18)6-9-19(2)17(15)7-10-20(19,23)12-21/h11,15-17,23H,3-10H2,1-2H3/t15?,16?,17?,18-,19-,20-/m0/s1. The SMILES string of the molecule is C[C@]12CCC(=O)C=C1CCC1C2CC[C@@]2(C)C1CC[C@]2(O)C#N. The first kappa shape index (κ1) is 15.4. The number of rotatable bonds is 0. The van der Waals surface area contributed by atoms with Crippen LogP contribution in [0.1, 0.15) is 65.2 Å². The fraction of sp³-hybridized carbons (Fsp3) is 0.800. The molecule has 6 atom stereocenters. The lowest BCUT2D eigenvalue weighted by molar-refractivity contribution is -0.119. The van der Waals surface area contributed by atoms with Crippen LogP contribution in [0.25, 0.3) is 0 Å². The third kappa shape index (κ3) is 1.82. The molecule has 0 bridgehead atoms. The molecule has 3 saturated carbocycles. The zero-order valence-corrected chi connectivity index (χ0v) is 14.3. The minimum absolute atomic E-state index is 0.172. The molecular formula is C20H27NO2. The first-order valence-corrected chi connectivity index (χ1v) is 9.22. The molecule has 0 radical (unpaired) electrons. The molecule has 4 rings (SSSR count). The number of fused-ring (bicyclic) bond motifs is 5. The van der Waals surface area contributed by atoms with Crippen LogP contribution in [0, 0.1) is 39.9 Å². The largest absolute Gasteiger partial charge is 0.375 e. The van der Waals surface area contributed by atoms with Crippen molar-refractivity contribution in [1.82, 2.24) is 0 Å². The average Bonchev–Trinajstić information content (AvgIpc) is 2.80. The smallest absolute Gasteiger partial charge is 0.156 e. The molecule has 0 spiro atoms. The molecule has 3 unspecified atom stereocenters. The molecule has 3 nitrogen and oxygen atoms in total. The molecule has 0 aromatic heterocycles. The van der Waals surface area contributed by atoms with Crippen molar-refractivity contribution in [1.29, 1.82) is 5.26 Å². The molecule has 3 heteroatoms. The van der Waals surface area contributed by atoms with E-state index in [1.54, 1.807) is 0 Å². The van der Waals surface area contributed by atoms with Crippen LogP contribution in [0.5, 0.6) is 0 Å². The Hall–Kier alpha value is -1.14. The molecule has 0 aromatic rings. The van der Waals surface area contributed by atoms with Crippen molar-refractivity contribution in [2.24, 2.45) is 28.6 Å². The van der Waals surface area contributed by atoms with Gasteiger partial charge in [-0.1, -0.05) is 19.4 Å². The first-order valence-electron chi connectivity index (χ1n) is 9.22. The number of hydrogen-bond donors (Lipinski definition) is 1. The van der Waals surface area contributed by atoms with Gasteiger partial charge < -0.3 is 5.11 Å². The van der Waals surface area contributed by atoms with E-state index in [1.807, 2.05) is 6.08 Å². The van der Waals surface area contributed by atoms with Crippen LogP contribution in [0.2, 0.25) is 0 Å². The number of nitrogens with zero attached hydrogens (tertiary/aromatic N) is 1. The van der Waals surface area contributed by atoms with Crippen molar-refractivity contribution in [3.8, 4) is 6.07 Å². The summed E-state index contributed by atoms with van der Waals surface area (Å²) in [5.74, 6) is 1.99. The predicted molar refractivity (Wildman–Crippen MR) is 87.3 cm³/mol. The van der Waals surface area contributed by atoms with Gasteiger partial charge in [0, 0.05) is 11.8 Å². The summed E-state index contributed by atoms with van der Waals surface area (Å²) in [4.78, 5) is 11.8. The van der Waals surface area contributed by atoms with Crippen LogP contribution in [-0.2, 0) is 4.79 Å². The van der Waals surface area contributed by atoms with E-state index in [0.29, 0.717) is 36.4 Å². The van der Waals surface area contributed by atoms with Crippen LogP contribution < -0.4 is 0 Å². The van der Waals surface area contributed by atoms with Crippen molar-refractivity contribution in [3.05, 3.63) is 11.6 Å². The van der Waals surface area contributed by atoms with Crippen LogP contribution in [0.4, 0.5) is 0 Å². The predicted octanol–water partition coefficient (Wildman–Crippen LogP) is 3.77. The van der Waals surface area contributed by atoms with Gasteiger partial charge in [0.25, 0.3) is 0 Å². The summed E-state index contributed by atoms with van der Waals surface area (Å²) < 4.78 is 0. The summed E-state index contributed by atoms with van der Waals surface area (Å²) in [6.45, 7) is 4.53. The maximum atomic E-state index is 11.8. The third-order valence-corrected chi connectivity index (χ3v) is 8.30. The van der Waals surface area contributed by atoms with Gasteiger partial charge in [-0.15, -0.1) is 0 Å². The number of ketones is 1. The molecule has 0 aromatic carbocycles. The molecule has 23 heavy (non-hydrogen) atoms. The Morgan fingerprint density at radius 2 is 1.87 bits per heavy atom. The van der Waals surface area contributed by atoms with Crippen LogP contribution in [-0.4, -0.2) is 16.5 Å². The van der Waals surface area contributed by atoms with Gasteiger partial charge in [0.15, 0.2) is 11.4 Å². The van der Waals surface area contributed by atoms with Gasteiger partial charge in [0.2, 0.25) is 0 Å². The van der Waals surface area contributed by atoms with Gasteiger partial charge in [0.05, 0.1) is 6.07 Å². The lowest BCUT2D eigenvalue weighted by Gasteiger charge is -2.58. The summed E-state index contributed by atoms with van der Waals surface area (Å²) in [5.41, 5.74) is 0.172. The van der Waals surface area contributed by atoms with Gasteiger partial charge in [-0.05, 0) is 74.2 Å². The summed E-state index contributed by atoms with van der Waals surface area (Å²) in [7, 11) is 0. The Labute approximate surface area is 138 Å². The number of carbonyl (C=O) groups is 1. The lowest BCUT2D eigenvalue weighted by Crippen LogP contribution is -2.54. The third-order valence-electron chi connectivity index (χ3n) is 8.30. The highest BCUT2D eigenvalue weighted by Crippen LogP contribution is 2.67. The fourth-order valence-corrected chi connectivity index (χ4v) is 6.76. The Morgan fingerprint density at radius 1 is 1.13 bits per heavy atom. The molecule has 4 aliphatic rings. The second-order valence-corrected chi connectivity index (χ2v) is 8.94. The minimum Gasteiger partial charge on any atom is -0.375 e. The summed E-state index contributed by atoms with van der Waals surface area (Å²) in [6.07, 6.45) is 9.42. The molecule has 0 heterocycles. The van der Waals surface area contributed by atoms with E-state index < -0.39 is 5.60 Å². The number of carbonyl (C=O) groups excluding carboxylic acids is 1. The molecule has 0 saturated heterocycles. The zero-order chi connectivity index (χ0) is 16.5. The summed E-state index contributed by atoms with van der Waals surface area (Å²) in [6, 6.07) is 2.25. The lowest BCUT2D eigenvalue weighted by atomic mass is 9.46. The maximum absolute atomic E-state index is 11.8. The second-order valence-electron chi connectivity index (χ2n) is 8.94. The van der Waals surface area contributed by atoms with Crippen LogP contribution in [0.15, 0.2) is 11.6 Å². The van der Waals surface area contributed by atoms with E-state index in [2.05, 4.69) is 19.9 Å². The zero-order valence-electron chi connectivity index (χ0n) is 14.3. The highest BCUT2D eigenvalue weighted by atomic mass is 16.3. The summed E-state index contributed by atoms with van der Waals surface area (Å²) >= 11 is 0. The normalized spacial score (nSPS) is 52.0. The molecular weight excluding hydrogens is 286 g/mol. The van der Waals surface area contributed by atoms with E-state index in [1.165, 1.54) is 5.57 Å². The summed E-state index contributed by atoms with van der Waals surface area (Å²) in [5, 5.41) is 20.4. The number of hydrogen-bond acceptors (Lipinski definition) is 3. The molecule has 4 aliphatic carbocycles. The van der Waals surface area contributed by atoms with Crippen molar-refractivity contribution in [2.45, 2.75) is 70.8 Å². The molecule has 0 aliphatic heterocycles. The average molecular weight is 313 g/mol. The molecule has 3 fully saturated rings. The number of aliphatic hydroxyl groups is 1. The topological polar surface area (TPSA) is 61.1 Å². The number of nitriles is 1. The Kier molecular flexibility index (Phi) is 3.14. The minimum atomic E-state index is -1.14. The van der Waals surface area contributed by atoms with E-state index >= 15 is 0 Å². The van der Waals surface area contributed by atoms with Crippen molar-refractivity contribution >= 4 is 5.78 Å². The van der Waals surface area contributed by atoms with Gasteiger partial charge in [-0.25, -0.2) is 0 Å². The molecule has 1 N–H and O–H groups in total. The monoisotopic (exact) mass is 313 g/mol. The van der Waals surface area contributed by atoms with Gasteiger partial charge in [-0.3, -0.25) is 4.79 Å². The fourth-order valence-electron chi connectivity index (χ4n) is 6.76. The number of allylic oxidation sites excluding steroid dienone is 1. The van der Waals surface area contributed by atoms with E-state index in [0.717, 1.165) is 38.5 Å². The van der Waals surface area contributed by atoms with Crippen molar-refractivity contribution in [2.75, 3.05) is 0 Å². The molecule has 0 amide bonds. The van der Waals surface area contributed by atoms with Gasteiger partial charge in [-0.2, -0.15) is 5.26 Å². The van der Waals surface area contributed by atoms with Crippen LogP contribution >= 0.6 is 0 Å². The Balaban J connectivity index is 1.70. The quantitative estimate of drug-likeness (QED) is 0.692. The van der Waals surface area contributed by atoms with E-state index in [9.17, 15) is 15.2 Å². The van der Waals surface area contributed by atoms with E-state index in [-0.39, 0.29) is 10.8 Å².